The summed E-state index contributed by atoms with van der Waals surface area (Å²) in [4.78, 5) is 29.4. The van der Waals surface area contributed by atoms with Gasteiger partial charge in [-0.2, -0.15) is 0 Å². The highest BCUT2D eigenvalue weighted by Gasteiger charge is 2.35. The van der Waals surface area contributed by atoms with Crippen molar-refractivity contribution in [3.63, 3.8) is 0 Å². The first-order valence-corrected chi connectivity index (χ1v) is 10.4. The van der Waals surface area contributed by atoms with Crippen LogP contribution in [0.3, 0.4) is 0 Å². The number of hydrogen-bond acceptors (Lipinski definition) is 5. The monoisotopic (exact) mass is 421 g/mol. The van der Waals surface area contributed by atoms with E-state index in [0.717, 1.165) is 49.5 Å². The van der Waals surface area contributed by atoms with Gasteiger partial charge in [0.2, 0.25) is 0 Å². The number of aryl methyl sites for hydroxylation is 1. The minimum absolute atomic E-state index is 0.0635. The Morgan fingerprint density at radius 2 is 1.77 bits per heavy atom. The van der Waals surface area contributed by atoms with E-state index < -0.39 is 11.8 Å². The maximum atomic E-state index is 13.2. The second-order valence-electron chi connectivity index (χ2n) is 7.13. The Morgan fingerprint density at radius 3 is 2.47 bits per heavy atom. The molecule has 1 N–H and O–H groups in total. The summed E-state index contributed by atoms with van der Waals surface area (Å²) in [6, 6.07) is 15.4. The number of anilines is 2. The number of hydrogen-bond donors (Lipinski definition) is 1. The van der Waals surface area contributed by atoms with Crippen molar-refractivity contribution in [2.24, 2.45) is 0 Å². The Labute approximate surface area is 181 Å². The van der Waals surface area contributed by atoms with Crippen LogP contribution in [-0.2, 0) is 20.7 Å². The van der Waals surface area contributed by atoms with E-state index in [0.29, 0.717) is 5.69 Å². The van der Waals surface area contributed by atoms with Crippen LogP contribution in [0, 0.1) is 0 Å². The third-order valence-corrected chi connectivity index (χ3v) is 5.58. The molecule has 0 aliphatic carbocycles. The van der Waals surface area contributed by atoms with Crippen molar-refractivity contribution in [1.29, 1.82) is 0 Å². The molecule has 6 nitrogen and oxygen atoms in total. The van der Waals surface area contributed by atoms with Gasteiger partial charge in [0, 0.05) is 18.8 Å². The van der Waals surface area contributed by atoms with Crippen LogP contribution >= 0.6 is 12.2 Å². The van der Waals surface area contributed by atoms with E-state index in [1.54, 1.807) is 6.08 Å². The molecule has 0 atom stereocenters. The predicted octanol–water partition coefficient (Wildman–Crippen LogP) is 2.92. The zero-order valence-corrected chi connectivity index (χ0v) is 17.6. The standard InChI is InChI=1S/C23H23N3O3S/c1-2-17-5-3-4-6-20(17)26-22(28)19(21(27)24-23(26)30)15-16-7-9-18(10-8-16)25-11-13-29-14-12-25/h3-10,15H,2,11-14H2,1H3,(H,24,27,30)/b19-15+. The predicted molar refractivity (Wildman–Crippen MR) is 121 cm³/mol. The van der Waals surface area contributed by atoms with Crippen LogP contribution < -0.4 is 15.1 Å². The van der Waals surface area contributed by atoms with Gasteiger partial charge >= 0.3 is 0 Å². The van der Waals surface area contributed by atoms with Crippen LogP contribution in [0.15, 0.2) is 54.1 Å². The van der Waals surface area contributed by atoms with Crippen LogP contribution in [0.25, 0.3) is 6.08 Å². The molecule has 0 bridgehead atoms. The molecule has 2 amide bonds. The Bertz CT molecular complexity index is 1010. The van der Waals surface area contributed by atoms with Crippen molar-refractivity contribution in [2.45, 2.75) is 13.3 Å². The highest BCUT2D eigenvalue weighted by Crippen LogP contribution is 2.26. The fraction of sp³-hybridized carbons (Fsp3) is 0.261. The van der Waals surface area contributed by atoms with E-state index in [1.807, 2.05) is 55.5 Å². The third-order valence-electron chi connectivity index (χ3n) is 5.30. The molecule has 2 fully saturated rings. The van der Waals surface area contributed by atoms with Crippen molar-refractivity contribution in [3.8, 4) is 0 Å². The SMILES string of the molecule is CCc1ccccc1N1C(=O)/C(=C/c2ccc(N3CCOCC3)cc2)C(=O)NC1=S. The number of carbonyl (C=O) groups excluding carboxylic acids is 2. The second-order valence-corrected chi connectivity index (χ2v) is 7.52. The lowest BCUT2D eigenvalue weighted by Crippen LogP contribution is -2.54. The zero-order chi connectivity index (χ0) is 21.1. The van der Waals surface area contributed by atoms with Crippen molar-refractivity contribution in [2.75, 3.05) is 36.1 Å². The summed E-state index contributed by atoms with van der Waals surface area (Å²) in [7, 11) is 0. The maximum absolute atomic E-state index is 13.2. The van der Waals surface area contributed by atoms with Gasteiger partial charge in [0.25, 0.3) is 11.8 Å². The van der Waals surface area contributed by atoms with E-state index in [2.05, 4.69) is 10.2 Å². The molecular formula is C23H23N3O3S. The van der Waals surface area contributed by atoms with Crippen molar-refractivity contribution >= 4 is 46.6 Å². The third kappa shape index (κ3) is 3.99. The average molecular weight is 422 g/mol. The molecule has 0 unspecified atom stereocenters. The molecule has 0 aromatic heterocycles. The number of carbonyl (C=O) groups is 2. The van der Waals surface area contributed by atoms with Crippen molar-refractivity contribution < 1.29 is 14.3 Å². The molecule has 2 aliphatic heterocycles. The number of nitrogens with zero attached hydrogens (tertiary/aromatic N) is 2. The molecule has 2 aromatic carbocycles. The molecule has 154 valence electrons. The fourth-order valence-corrected chi connectivity index (χ4v) is 3.95. The zero-order valence-electron chi connectivity index (χ0n) is 16.8. The van der Waals surface area contributed by atoms with E-state index >= 15 is 0 Å². The first-order chi connectivity index (χ1) is 14.6. The smallest absolute Gasteiger partial charge is 0.270 e. The summed E-state index contributed by atoms with van der Waals surface area (Å²) in [6.07, 6.45) is 2.36. The van der Waals surface area contributed by atoms with Crippen LogP contribution in [0.1, 0.15) is 18.1 Å². The van der Waals surface area contributed by atoms with Gasteiger partial charge < -0.3 is 9.64 Å². The minimum Gasteiger partial charge on any atom is -0.378 e. The molecule has 4 rings (SSSR count). The first kappa shape index (κ1) is 20.3. The highest BCUT2D eigenvalue weighted by molar-refractivity contribution is 7.80. The minimum atomic E-state index is -0.479. The van der Waals surface area contributed by atoms with Crippen molar-refractivity contribution in [3.05, 3.63) is 65.2 Å². The largest absolute Gasteiger partial charge is 0.378 e. The Hall–Kier alpha value is -3.03. The number of thiocarbonyl (C=S) groups is 1. The van der Waals surface area contributed by atoms with Crippen LogP contribution in [0.4, 0.5) is 11.4 Å². The summed E-state index contributed by atoms with van der Waals surface area (Å²) in [5.74, 6) is -0.894. The Morgan fingerprint density at radius 1 is 1.07 bits per heavy atom. The van der Waals surface area contributed by atoms with Gasteiger partial charge in [0.1, 0.15) is 5.57 Å². The van der Waals surface area contributed by atoms with Gasteiger partial charge in [0.05, 0.1) is 18.9 Å². The van der Waals surface area contributed by atoms with E-state index in [9.17, 15) is 9.59 Å². The molecular weight excluding hydrogens is 398 g/mol. The molecule has 0 saturated carbocycles. The molecule has 30 heavy (non-hydrogen) atoms. The summed E-state index contributed by atoms with van der Waals surface area (Å²) in [6.45, 7) is 5.15. The lowest BCUT2D eigenvalue weighted by molar-refractivity contribution is -0.122. The molecule has 2 aromatic rings. The number of nitrogens with one attached hydrogen (secondary N) is 1. The number of ether oxygens (including phenoxy) is 1. The van der Waals surface area contributed by atoms with E-state index in [-0.39, 0.29) is 10.7 Å². The van der Waals surface area contributed by atoms with Crippen LogP contribution in [-0.4, -0.2) is 43.2 Å². The Balaban J connectivity index is 1.62. The molecule has 2 heterocycles. The molecule has 2 aliphatic rings. The molecule has 0 radical (unpaired) electrons. The van der Waals surface area contributed by atoms with Gasteiger partial charge in [-0.3, -0.25) is 19.8 Å². The summed E-state index contributed by atoms with van der Waals surface area (Å²) in [5, 5.41) is 2.75. The molecule has 0 spiro atoms. The number of morpholine rings is 1. The fourth-order valence-electron chi connectivity index (χ4n) is 3.67. The second kappa shape index (κ2) is 8.77. The van der Waals surface area contributed by atoms with Gasteiger partial charge in [-0.1, -0.05) is 37.3 Å². The number of benzene rings is 2. The molecule has 7 heteroatoms. The quantitative estimate of drug-likeness (QED) is 0.467. The van der Waals surface area contributed by atoms with Gasteiger partial charge in [0.15, 0.2) is 5.11 Å². The van der Waals surface area contributed by atoms with Gasteiger partial charge in [-0.05, 0) is 54.0 Å². The van der Waals surface area contributed by atoms with Crippen molar-refractivity contribution in [1.82, 2.24) is 5.32 Å². The first-order valence-electron chi connectivity index (χ1n) is 10.0. The lowest BCUT2D eigenvalue weighted by atomic mass is 10.0. The summed E-state index contributed by atoms with van der Waals surface area (Å²) in [5.41, 5.74) is 3.62. The van der Waals surface area contributed by atoms with Crippen LogP contribution in [0.2, 0.25) is 0 Å². The van der Waals surface area contributed by atoms with E-state index in [4.69, 9.17) is 17.0 Å². The highest BCUT2D eigenvalue weighted by atomic mass is 32.1. The number of para-hydroxylation sites is 1. The lowest BCUT2D eigenvalue weighted by Gasteiger charge is -2.30. The van der Waals surface area contributed by atoms with Gasteiger partial charge in [-0.15, -0.1) is 0 Å². The summed E-state index contributed by atoms with van der Waals surface area (Å²) < 4.78 is 5.39. The maximum Gasteiger partial charge on any atom is 0.270 e. The van der Waals surface area contributed by atoms with Crippen LogP contribution in [0.5, 0.6) is 0 Å². The number of rotatable bonds is 4. The van der Waals surface area contributed by atoms with Gasteiger partial charge in [-0.25, -0.2) is 0 Å². The summed E-state index contributed by atoms with van der Waals surface area (Å²) >= 11 is 5.31. The normalized spacial score (nSPS) is 18.7. The average Bonchev–Trinajstić information content (AvgIpc) is 2.78. The number of amides is 2. The Kier molecular flexibility index (Phi) is 5.92. The molecule has 2 saturated heterocycles. The topological polar surface area (TPSA) is 61.9 Å². The van der Waals surface area contributed by atoms with E-state index in [1.165, 1.54) is 4.90 Å².